The first-order valence-corrected chi connectivity index (χ1v) is 6.38. The Balaban J connectivity index is 1.94. The molecule has 1 unspecified atom stereocenters. The lowest BCUT2D eigenvalue weighted by atomic mass is 10.0. The minimum absolute atomic E-state index is 0.0624. The van der Waals surface area contributed by atoms with Gasteiger partial charge in [-0.25, -0.2) is 4.39 Å². The van der Waals surface area contributed by atoms with Gasteiger partial charge >= 0.3 is 0 Å². The minimum atomic E-state index is -0.785. The Hall–Kier alpha value is -2.75. The van der Waals surface area contributed by atoms with E-state index in [0.29, 0.717) is 5.56 Å². The predicted octanol–water partition coefficient (Wildman–Crippen LogP) is 0.458. The number of halogens is 1. The zero-order valence-corrected chi connectivity index (χ0v) is 10.9. The summed E-state index contributed by atoms with van der Waals surface area (Å²) in [4.78, 5) is 36.5. The number of amides is 3. The number of carbonyl (C=O) groups is 3. The fraction of sp³-hybridized carbons (Fsp3) is 0.286. The molecule has 106 valence electrons. The molecule has 0 radical (unpaired) electrons. The van der Waals surface area contributed by atoms with Crippen molar-refractivity contribution in [3.8, 4) is 6.07 Å². The van der Waals surface area contributed by atoms with E-state index in [4.69, 9.17) is 5.26 Å². The topological polar surface area (TPSA) is 90.3 Å². The number of piperidine rings is 1. The van der Waals surface area contributed by atoms with Gasteiger partial charge in [-0.2, -0.15) is 5.26 Å². The van der Waals surface area contributed by atoms with Crippen LogP contribution in [0.1, 0.15) is 34.3 Å². The van der Waals surface area contributed by atoms with Gasteiger partial charge in [-0.1, -0.05) is 0 Å². The van der Waals surface area contributed by atoms with Crippen molar-refractivity contribution in [2.45, 2.75) is 25.4 Å². The first-order valence-electron chi connectivity index (χ1n) is 6.38. The zero-order chi connectivity index (χ0) is 15.1. The van der Waals surface area contributed by atoms with E-state index in [1.807, 2.05) is 6.07 Å². The SMILES string of the molecule is N#Cc1cc(F)c2c(c1)CN(C1CCC(=O)NC1=O)C2=O. The van der Waals surface area contributed by atoms with Crippen LogP contribution in [0.25, 0.3) is 0 Å². The molecule has 0 bridgehead atoms. The van der Waals surface area contributed by atoms with E-state index in [1.54, 1.807) is 0 Å². The van der Waals surface area contributed by atoms with Crippen molar-refractivity contribution in [2.75, 3.05) is 0 Å². The van der Waals surface area contributed by atoms with Crippen LogP contribution in [0.4, 0.5) is 4.39 Å². The van der Waals surface area contributed by atoms with Crippen LogP contribution in [0.3, 0.4) is 0 Å². The van der Waals surface area contributed by atoms with Crippen molar-refractivity contribution in [1.29, 1.82) is 5.26 Å². The monoisotopic (exact) mass is 287 g/mol. The maximum absolute atomic E-state index is 13.9. The van der Waals surface area contributed by atoms with Gasteiger partial charge in [-0.15, -0.1) is 0 Å². The molecule has 7 heteroatoms. The van der Waals surface area contributed by atoms with E-state index >= 15 is 0 Å². The number of carbonyl (C=O) groups excluding carboxylic acids is 3. The maximum Gasteiger partial charge on any atom is 0.258 e. The number of benzene rings is 1. The second-order valence-corrected chi connectivity index (χ2v) is 5.00. The van der Waals surface area contributed by atoms with E-state index in [0.717, 1.165) is 6.07 Å². The fourth-order valence-electron chi connectivity index (χ4n) is 2.72. The molecule has 1 saturated heterocycles. The highest BCUT2D eigenvalue weighted by atomic mass is 19.1. The third kappa shape index (κ3) is 2.05. The van der Waals surface area contributed by atoms with Crippen molar-refractivity contribution in [3.05, 3.63) is 34.6 Å². The molecular weight excluding hydrogens is 277 g/mol. The first kappa shape index (κ1) is 13.2. The van der Waals surface area contributed by atoms with Crippen LogP contribution in [0.15, 0.2) is 12.1 Å². The van der Waals surface area contributed by atoms with Crippen molar-refractivity contribution < 1.29 is 18.8 Å². The fourth-order valence-corrected chi connectivity index (χ4v) is 2.72. The molecule has 0 aromatic heterocycles. The second-order valence-electron chi connectivity index (χ2n) is 5.00. The Morgan fingerprint density at radius 2 is 2.10 bits per heavy atom. The highest BCUT2D eigenvalue weighted by Crippen LogP contribution is 2.30. The van der Waals surface area contributed by atoms with Gasteiger partial charge in [-0.05, 0) is 24.1 Å². The Bertz CT molecular complexity index is 723. The molecule has 1 aromatic carbocycles. The number of imide groups is 1. The third-order valence-corrected chi connectivity index (χ3v) is 3.70. The Morgan fingerprint density at radius 3 is 2.76 bits per heavy atom. The molecule has 1 fully saturated rings. The summed E-state index contributed by atoms with van der Waals surface area (Å²) in [6.45, 7) is 0.0624. The molecule has 2 heterocycles. The molecule has 3 amide bonds. The standard InChI is InChI=1S/C14H10FN3O3/c15-9-4-7(5-16)3-8-6-18(14(21)12(8)9)10-1-2-11(19)17-13(10)20/h3-4,10H,1-2,6H2,(H,17,19,20). The summed E-state index contributed by atoms with van der Waals surface area (Å²) in [5.41, 5.74) is 0.420. The molecular formula is C14H10FN3O3. The van der Waals surface area contributed by atoms with E-state index in [2.05, 4.69) is 5.32 Å². The average Bonchev–Trinajstić information content (AvgIpc) is 2.76. The maximum atomic E-state index is 13.9. The molecule has 2 aliphatic heterocycles. The zero-order valence-electron chi connectivity index (χ0n) is 10.9. The number of rotatable bonds is 1. The smallest absolute Gasteiger partial charge is 0.258 e. The summed E-state index contributed by atoms with van der Waals surface area (Å²) in [7, 11) is 0. The summed E-state index contributed by atoms with van der Waals surface area (Å²) < 4.78 is 13.9. The molecule has 1 aromatic rings. The predicted molar refractivity (Wildman–Crippen MR) is 67.2 cm³/mol. The van der Waals surface area contributed by atoms with Crippen LogP contribution < -0.4 is 5.32 Å². The van der Waals surface area contributed by atoms with Crippen molar-refractivity contribution in [1.82, 2.24) is 10.2 Å². The third-order valence-electron chi connectivity index (χ3n) is 3.70. The molecule has 3 rings (SSSR count). The quantitative estimate of drug-likeness (QED) is 0.760. The van der Waals surface area contributed by atoms with Gasteiger partial charge in [0.2, 0.25) is 11.8 Å². The van der Waals surface area contributed by atoms with Crippen LogP contribution in [-0.4, -0.2) is 28.7 Å². The largest absolute Gasteiger partial charge is 0.322 e. The summed E-state index contributed by atoms with van der Waals surface area (Å²) >= 11 is 0. The van der Waals surface area contributed by atoms with Crippen LogP contribution in [0, 0.1) is 17.1 Å². The highest BCUT2D eigenvalue weighted by molar-refractivity contribution is 6.05. The number of hydrogen-bond acceptors (Lipinski definition) is 4. The van der Waals surface area contributed by atoms with Gasteiger partial charge in [0, 0.05) is 13.0 Å². The van der Waals surface area contributed by atoms with E-state index in [9.17, 15) is 18.8 Å². The molecule has 0 saturated carbocycles. The van der Waals surface area contributed by atoms with Gasteiger partial charge in [0.05, 0.1) is 17.2 Å². The lowest BCUT2D eigenvalue weighted by molar-refractivity contribution is -0.136. The Kier molecular flexibility index (Phi) is 2.94. The molecule has 21 heavy (non-hydrogen) atoms. The van der Waals surface area contributed by atoms with E-state index < -0.39 is 23.7 Å². The van der Waals surface area contributed by atoms with Crippen molar-refractivity contribution >= 4 is 17.7 Å². The van der Waals surface area contributed by atoms with Crippen molar-refractivity contribution in [3.63, 3.8) is 0 Å². The average molecular weight is 287 g/mol. The number of hydrogen-bond donors (Lipinski definition) is 1. The number of nitrogens with one attached hydrogen (secondary N) is 1. The molecule has 1 atom stereocenters. The normalized spacial score (nSPS) is 21.0. The van der Waals surface area contributed by atoms with Gasteiger partial charge in [-0.3, -0.25) is 19.7 Å². The molecule has 0 aliphatic carbocycles. The van der Waals surface area contributed by atoms with Crippen LogP contribution in [0.2, 0.25) is 0 Å². The number of fused-ring (bicyclic) bond motifs is 1. The van der Waals surface area contributed by atoms with Crippen LogP contribution in [0.5, 0.6) is 0 Å². The summed E-state index contributed by atoms with van der Waals surface area (Å²) in [5, 5.41) is 11.0. The highest BCUT2D eigenvalue weighted by Gasteiger charge is 2.40. The van der Waals surface area contributed by atoms with Gasteiger partial charge in [0.1, 0.15) is 11.9 Å². The van der Waals surface area contributed by atoms with Gasteiger partial charge in [0.25, 0.3) is 5.91 Å². The number of nitrogens with zero attached hydrogens (tertiary/aromatic N) is 2. The van der Waals surface area contributed by atoms with Gasteiger partial charge in [0.15, 0.2) is 0 Å². The lowest BCUT2D eigenvalue weighted by Gasteiger charge is -2.29. The minimum Gasteiger partial charge on any atom is -0.322 e. The summed E-state index contributed by atoms with van der Waals surface area (Å²) in [6, 6.07) is 3.49. The summed E-state index contributed by atoms with van der Waals surface area (Å²) in [5.74, 6) is -2.27. The van der Waals surface area contributed by atoms with E-state index in [-0.39, 0.29) is 36.4 Å². The Morgan fingerprint density at radius 1 is 1.33 bits per heavy atom. The van der Waals surface area contributed by atoms with Crippen molar-refractivity contribution in [2.24, 2.45) is 0 Å². The van der Waals surface area contributed by atoms with Crippen LogP contribution in [-0.2, 0) is 16.1 Å². The summed E-state index contributed by atoms with van der Waals surface area (Å²) in [6.07, 6.45) is 0.361. The lowest BCUT2D eigenvalue weighted by Crippen LogP contribution is -2.52. The second kappa shape index (κ2) is 4.66. The Labute approximate surface area is 119 Å². The van der Waals surface area contributed by atoms with Crippen LogP contribution >= 0.6 is 0 Å². The first-order chi connectivity index (χ1) is 10.0. The molecule has 2 aliphatic rings. The molecule has 1 N–H and O–H groups in total. The van der Waals surface area contributed by atoms with Gasteiger partial charge < -0.3 is 4.90 Å². The van der Waals surface area contributed by atoms with E-state index in [1.165, 1.54) is 11.0 Å². The number of nitriles is 1. The molecule has 6 nitrogen and oxygen atoms in total. The molecule has 0 spiro atoms.